The van der Waals surface area contributed by atoms with Crippen LogP contribution in [0.2, 0.25) is 0 Å². The lowest BCUT2D eigenvalue weighted by atomic mass is 10.1. The van der Waals surface area contributed by atoms with Crippen LogP contribution in [0.15, 0.2) is 33.9 Å². The lowest BCUT2D eigenvalue weighted by molar-refractivity contribution is 0.248. The van der Waals surface area contributed by atoms with E-state index in [1.165, 1.54) is 22.1 Å². The number of benzene rings is 1. The number of imidazole rings is 1. The number of fused-ring (bicyclic) bond motifs is 1. The molecule has 3 heterocycles. The number of aromatic amines is 1. The van der Waals surface area contributed by atoms with Crippen molar-refractivity contribution in [3.63, 3.8) is 0 Å². The normalized spacial score (nSPS) is 15.0. The molecule has 0 radical (unpaired) electrons. The van der Waals surface area contributed by atoms with Crippen LogP contribution in [0, 0.1) is 6.92 Å². The number of hydrogen-bond donors (Lipinski definition) is 1. The third-order valence-electron chi connectivity index (χ3n) is 6.40. The first-order valence-electron chi connectivity index (χ1n) is 11.7. The van der Waals surface area contributed by atoms with Crippen molar-refractivity contribution in [3.05, 3.63) is 56.2 Å². The standard InChI is InChI=1S/C24H34N6O2/c1-4-5-6-7-12-30-20-21(27(3)24(32)26-22(20)31)25-23(30)29-15-13-28(14-16-29)17-19-10-8-18(2)9-11-19/h8-11H,4-7,12-17H2,1-3H3,(H,26,31,32). The lowest BCUT2D eigenvalue weighted by Crippen LogP contribution is -2.46. The molecule has 3 aromatic rings. The van der Waals surface area contributed by atoms with Gasteiger partial charge in [-0.3, -0.25) is 19.2 Å². The van der Waals surface area contributed by atoms with Crippen molar-refractivity contribution in [1.29, 1.82) is 0 Å². The first-order valence-corrected chi connectivity index (χ1v) is 11.7. The van der Waals surface area contributed by atoms with Crippen LogP contribution in [-0.2, 0) is 20.1 Å². The predicted molar refractivity (Wildman–Crippen MR) is 128 cm³/mol. The van der Waals surface area contributed by atoms with Crippen molar-refractivity contribution in [2.45, 2.75) is 52.6 Å². The minimum Gasteiger partial charge on any atom is -0.340 e. The Bertz CT molecular complexity index is 1170. The Hall–Kier alpha value is -2.87. The molecule has 1 N–H and O–H groups in total. The Balaban J connectivity index is 1.56. The Kier molecular flexibility index (Phi) is 6.79. The predicted octanol–water partition coefficient (Wildman–Crippen LogP) is 2.63. The third kappa shape index (κ3) is 4.65. The first-order chi connectivity index (χ1) is 15.5. The highest BCUT2D eigenvalue weighted by atomic mass is 16.2. The second-order valence-electron chi connectivity index (χ2n) is 8.86. The molecule has 0 amide bonds. The van der Waals surface area contributed by atoms with Gasteiger partial charge in [-0.15, -0.1) is 0 Å². The molecule has 8 heteroatoms. The maximum absolute atomic E-state index is 12.7. The molecular formula is C24H34N6O2. The molecule has 172 valence electrons. The summed E-state index contributed by atoms with van der Waals surface area (Å²) in [5.41, 5.74) is 2.80. The lowest BCUT2D eigenvalue weighted by Gasteiger charge is -2.35. The minimum atomic E-state index is -0.424. The van der Waals surface area contributed by atoms with Crippen LogP contribution in [0.3, 0.4) is 0 Å². The molecule has 0 saturated carbocycles. The van der Waals surface area contributed by atoms with E-state index in [-0.39, 0.29) is 5.56 Å². The van der Waals surface area contributed by atoms with Crippen molar-refractivity contribution in [3.8, 4) is 0 Å². The molecule has 1 saturated heterocycles. The summed E-state index contributed by atoms with van der Waals surface area (Å²) < 4.78 is 3.47. The highest BCUT2D eigenvalue weighted by molar-refractivity contribution is 5.74. The van der Waals surface area contributed by atoms with Gasteiger partial charge in [-0.1, -0.05) is 56.0 Å². The van der Waals surface area contributed by atoms with Gasteiger partial charge in [-0.05, 0) is 18.9 Å². The van der Waals surface area contributed by atoms with Gasteiger partial charge in [0.15, 0.2) is 11.2 Å². The fourth-order valence-corrected chi connectivity index (χ4v) is 4.43. The second kappa shape index (κ2) is 9.73. The van der Waals surface area contributed by atoms with E-state index in [4.69, 9.17) is 4.98 Å². The van der Waals surface area contributed by atoms with E-state index >= 15 is 0 Å². The number of aryl methyl sites for hydroxylation is 3. The van der Waals surface area contributed by atoms with Crippen LogP contribution in [0.4, 0.5) is 5.95 Å². The van der Waals surface area contributed by atoms with Gasteiger partial charge < -0.3 is 9.47 Å². The molecule has 1 aliphatic heterocycles. The number of nitrogens with zero attached hydrogens (tertiary/aromatic N) is 5. The highest BCUT2D eigenvalue weighted by Crippen LogP contribution is 2.22. The fraction of sp³-hybridized carbons (Fsp3) is 0.542. The number of unbranched alkanes of at least 4 members (excludes halogenated alkanes) is 3. The van der Waals surface area contributed by atoms with E-state index in [0.717, 1.165) is 64.5 Å². The summed E-state index contributed by atoms with van der Waals surface area (Å²) in [7, 11) is 1.67. The van der Waals surface area contributed by atoms with Gasteiger partial charge >= 0.3 is 5.69 Å². The van der Waals surface area contributed by atoms with Crippen LogP contribution in [0.1, 0.15) is 43.7 Å². The zero-order chi connectivity index (χ0) is 22.7. The van der Waals surface area contributed by atoms with Crippen molar-refractivity contribution >= 4 is 17.1 Å². The van der Waals surface area contributed by atoms with Crippen LogP contribution in [-0.4, -0.2) is 50.2 Å². The van der Waals surface area contributed by atoms with E-state index in [9.17, 15) is 9.59 Å². The van der Waals surface area contributed by atoms with Gasteiger partial charge in [-0.25, -0.2) is 4.79 Å². The Morgan fingerprint density at radius 3 is 2.41 bits per heavy atom. The maximum atomic E-state index is 12.7. The van der Waals surface area contributed by atoms with Crippen molar-refractivity contribution in [2.24, 2.45) is 7.05 Å². The van der Waals surface area contributed by atoms with E-state index in [1.54, 1.807) is 7.05 Å². The van der Waals surface area contributed by atoms with Crippen molar-refractivity contribution in [1.82, 2.24) is 24.0 Å². The number of rotatable bonds is 8. The maximum Gasteiger partial charge on any atom is 0.329 e. The summed E-state index contributed by atoms with van der Waals surface area (Å²) in [6.07, 6.45) is 4.44. The largest absolute Gasteiger partial charge is 0.340 e. The molecule has 0 unspecified atom stereocenters. The van der Waals surface area contributed by atoms with Crippen LogP contribution < -0.4 is 16.1 Å². The molecule has 0 aliphatic carbocycles. The highest BCUT2D eigenvalue weighted by Gasteiger charge is 2.24. The Morgan fingerprint density at radius 2 is 1.72 bits per heavy atom. The molecule has 0 spiro atoms. The summed E-state index contributed by atoms with van der Waals surface area (Å²) in [6.45, 7) is 9.52. The number of nitrogens with one attached hydrogen (secondary N) is 1. The van der Waals surface area contributed by atoms with Gasteiger partial charge in [0.25, 0.3) is 5.56 Å². The van der Waals surface area contributed by atoms with Crippen molar-refractivity contribution < 1.29 is 0 Å². The number of piperazine rings is 1. The van der Waals surface area contributed by atoms with Gasteiger partial charge in [0, 0.05) is 46.3 Å². The van der Waals surface area contributed by atoms with Gasteiger partial charge in [-0.2, -0.15) is 4.98 Å². The average molecular weight is 439 g/mol. The number of H-pyrrole nitrogens is 1. The zero-order valence-electron chi connectivity index (χ0n) is 19.4. The molecule has 32 heavy (non-hydrogen) atoms. The minimum absolute atomic E-state index is 0.352. The van der Waals surface area contributed by atoms with Crippen molar-refractivity contribution in [2.75, 3.05) is 31.1 Å². The first kappa shape index (κ1) is 22.3. The third-order valence-corrected chi connectivity index (χ3v) is 6.40. The molecule has 0 atom stereocenters. The topological polar surface area (TPSA) is 79.2 Å². The van der Waals surface area contributed by atoms with Gasteiger partial charge in [0.1, 0.15) is 0 Å². The molecule has 4 rings (SSSR count). The molecule has 1 aliphatic rings. The summed E-state index contributed by atoms with van der Waals surface area (Å²) in [5.74, 6) is 0.804. The second-order valence-corrected chi connectivity index (χ2v) is 8.86. The Morgan fingerprint density at radius 1 is 1.00 bits per heavy atom. The van der Waals surface area contributed by atoms with E-state index in [1.807, 2.05) is 4.57 Å². The summed E-state index contributed by atoms with van der Waals surface area (Å²) in [6, 6.07) is 8.72. The Labute approximate surface area is 188 Å². The monoisotopic (exact) mass is 438 g/mol. The average Bonchev–Trinajstić information content (AvgIpc) is 3.17. The molecule has 0 bridgehead atoms. The molecular weight excluding hydrogens is 404 g/mol. The van der Waals surface area contributed by atoms with E-state index in [0.29, 0.717) is 11.2 Å². The number of anilines is 1. The van der Waals surface area contributed by atoms with Gasteiger partial charge in [0.05, 0.1) is 0 Å². The summed E-state index contributed by atoms with van der Waals surface area (Å²) in [4.78, 5) is 36.8. The molecule has 1 aromatic carbocycles. The molecule has 1 fully saturated rings. The zero-order valence-corrected chi connectivity index (χ0v) is 19.4. The van der Waals surface area contributed by atoms with Crippen LogP contribution in [0.5, 0.6) is 0 Å². The summed E-state index contributed by atoms with van der Waals surface area (Å²) in [5, 5.41) is 0. The molecule has 2 aromatic heterocycles. The quantitative estimate of drug-likeness (QED) is 0.547. The summed E-state index contributed by atoms with van der Waals surface area (Å²) >= 11 is 0. The number of aromatic nitrogens is 4. The number of hydrogen-bond acceptors (Lipinski definition) is 5. The van der Waals surface area contributed by atoms with Gasteiger partial charge in [0.2, 0.25) is 5.95 Å². The SMILES string of the molecule is CCCCCCn1c(N2CCN(Cc3ccc(C)cc3)CC2)nc2c1c(=O)[nH]c(=O)n2C. The van der Waals surface area contributed by atoms with Crippen LogP contribution >= 0.6 is 0 Å². The van der Waals surface area contributed by atoms with E-state index < -0.39 is 5.69 Å². The van der Waals surface area contributed by atoms with E-state index in [2.05, 4.69) is 52.9 Å². The smallest absolute Gasteiger partial charge is 0.329 e. The molecule has 8 nitrogen and oxygen atoms in total. The fourth-order valence-electron chi connectivity index (χ4n) is 4.43. The van der Waals surface area contributed by atoms with Crippen LogP contribution in [0.25, 0.3) is 11.2 Å².